The number of nitro groups is 1. The van der Waals surface area contributed by atoms with Crippen LogP contribution >= 0.6 is 11.3 Å². The van der Waals surface area contributed by atoms with Gasteiger partial charge in [-0.2, -0.15) is 5.26 Å². The lowest BCUT2D eigenvalue weighted by atomic mass is 10.1. The molecule has 1 heterocycles. The molecule has 0 saturated carbocycles. The minimum Gasteiger partial charge on any atom is -0.360 e. The van der Waals surface area contributed by atoms with Crippen molar-refractivity contribution in [2.24, 2.45) is 0 Å². The number of aromatic nitrogens is 1. The highest BCUT2D eigenvalue weighted by Gasteiger charge is 2.11. The van der Waals surface area contributed by atoms with Gasteiger partial charge in [-0.3, -0.25) is 10.1 Å². The molecule has 7 heteroatoms. The highest BCUT2D eigenvalue weighted by Crippen LogP contribution is 2.27. The van der Waals surface area contributed by atoms with Crippen LogP contribution in [0.15, 0.2) is 60.1 Å². The van der Waals surface area contributed by atoms with Gasteiger partial charge in [0.1, 0.15) is 16.6 Å². The van der Waals surface area contributed by atoms with Crippen molar-refractivity contribution in [2.45, 2.75) is 6.92 Å². The second-order valence-corrected chi connectivity index (χ2v) is 6.38. The molecule has 6 nitrogen and oxygen atoms in total. The summed E-state index contributed by atoms with van der Waals surface area (Å²) in [4.78, 5) is 14.8. The highest BCUT2D eigenvalue weighted by atomic mass is 32.1. The van der Waals surface area contributed by atoms with Gasteiger partial charge in [-0.05, 0) is 36.8 Å². The largest absolute Gasteiger partial charge is 0.360 e. The molecule has 0 atom stereocenters. The number of hydrogen-bond acceptors (Lipinski definition) is 6. The molecule has 128 valence electrons. The maximum absolute atomic E-state index is 10.7. The Morgan fingerprint density at radius 3 is 2.73 bits per heavy atom. The average molecular weight is 362 g/mol. The third-order valence-electron chi connectivity index (χ3n) is 3.63. The lowest BCUT2D eigenvalue weighted by molar-refractivity contribution is -0.384. The van der Waals surface area contributed by atoms with Crippen molar-refractivity contribution in [3.8, 4) is 17.3 Å². The van der Waals surface area contributed by atoms with Crippen molar-refractivity contribution in [1.82, 2.24) is 4.98 Å². The molecule has 0 spiro atoms. The van der Waals surface area contributed by atoms with Gasteiger partial charge in [0.25, 0.3) is 5.69 Å². The van der Waals surface area contributed by atoms with Gasteiger partial charge >= 0.3 is 0 Å². The molecule has 0 amide bonds. The molecule has 1 aromatic heterocycles. The zero-order valence-corrected chi connectivity index (χ0v) is 14.7. The Morgan fingerprint density at radius 2 is 2.08 bits per heavy atom. The fraction of sp³-hybridized carbons (Fsp3) is 0.0526. The molecular weight excluding hydrogens is 348 g/mol. The van der Waals surface area contributed by atoms with Crippen LogP contribution in [0.5, 0.6) is 0 Å². The summed E-state index contributed by atoms with van der Waals surface area (Å²) in [7, 11) is 0. The number of rotatable bonds is 5. The van der Waals surface area contributed by atoms with Gasteiger partial charge in [0.2, 0.25) is 0 Å². The Balaban J connectivity index is 1.81. The Hall–Kier alpha value is -3.50. The molecule has 3 rings (SSSR count). The number of nitrogens with zero attached hydrogens (tertiary/aromatic N) is 3. The summed E-state index contributed by atoms with van der Waals surface area (Å²) >= 11 is 1.35. The predicted octanol–water partition coefficient (Wildman–Crippen LogP) is 5.00. The van der Waals surface area contributed by atoms with Crippen molar-refractivity contribution in [2.75, 3.05) is 5.32 Å². The first kappa shape index (κ1) is 17.3. The van der Waals surface area contributed by atoms with E-state index in [0.717, 1.165) is 16.8 Å². The molecular formula is C19H14N4O2S. The van der Waals surface area contributed by atoms with Crippen molar-refractivity contribution in [3.05, 3.63) is 80.8 Å². The number of anilines is 1. The van der Waals surface area contributed by atoms with Gasteiger partial charge < -0.3 is 5.32 Å². The molecule has 1 N–H and O–H groups in total. The molecule has 3 aromatic rings. The van der Waals surface area contributed by atoms with Crippen molar-refractivity contribution in [3.63, 3.8) is 0 Å². The molecule has 0 aliphatic carbocycles. The summed E-state index contributed by atoms with van der Waals surface area (Å²) < 4.78 is 0. The summed E-state index contributed by atoms with van der Waals surface area (Å²) in [5.41, 5.74) is 3.91. The third-order valence-corrected chi connectivity index (χ3v) is 4.51. The third kappa shape index (κ3) is 3.94. The molecule has 0 aliphatic heterocycles. The standard InChI is InChI=1S/C19H14N4O2S/c1-13-3-2-4-16(9-13)21-11-15(10-20)19-22-18(12-26-19)14-5-7-17(8-6-14)23(24)25/h2-9,11-12,21H,1H3. The Bertz CT molecular complexity index is 1020. The van der Waals surface area contributed by atoms with Crippen LogP contribution in [0.25, 0.3) is 16.8 Å². The van der Waals surface area contributed by atoms with E-state index in [1.807, 2.05) is 36.6 Å². The van der Waals surface area contributed by atoms with E-state index in [4.69, 9.17) is 0 Å². The number of nitro benzene ring substituents is 1. The van der Waals surface area contributed by atoms with E-state index in [1.165, 1.54) is 23.5 Å². The van der Waals surface area contributed by atoms with E-state index in [1.54, 1.807) is 18.3 Å². The average Bonchev–Trinajstić information content (AvgIpc) is 3.12. The van der Waals surface area contributed by atoms with E-state index >= 15 is 0 Å². The van der Waals surface area contributed by atoms with E-state index in [2.05, 4.69) is 16.4 Å². The van der Waals surface area contributed by atoms with Crippen molar-refractivity contribution >= 4 is 28.3 Å². The van der Waals surface area contributed by atoms with Crippen LogP contribution in [0.4, 0.5) is 11.4 Å². The van der Waals surface area contributed by atoms with Crippen LogP contribution in [0, 0.1) is 28.4 Å². The first-order valence-electron chi connectivity index (χ1n) is 7.71. The summed E-state index contributed by atoms with van der Waals surface area (Å²) in [5.74, 6) is 0. The number of allylic oxidation sites excluding steroid dienone is 1. The second-order valence-electron chi connectivity index (χ2n) is 5.53. The van der Waals surface area contributed by atoms with E-state index in [9.17, 15) is 15.4 Å². The van der Waals surface area contributed by atoms with Crippen LogP contribution in [-0.2, 0) is 0 Å². The van der Waals surface area contributed by atoms with Crippen LogP contribution in [0.1, 0.15) is 10.6 Å². The molecule has 0 aliphatic rings. The zero-order chi connectivity index (χ0) is 18.5. The first-order chi connectivity index (χ1) is 12.6. The van der Waals surface area contributed by atoms with Crippen LogP contribution in [-0.4, -0.2) is 9.91 Å². The summed E-state index contributed by atoms with van der Waals surface area (Å²) in [6.07, 6.45) is 1.63. The topological polar surface area (TPSA) is 91.8 Å². The number of non-ortho nitro benzene ring substituents is 1. The van der Waals surface area contributed by atoms with E-state index in [-0.39, 0.29) is 5.69 Å². The normalized spacial score (nSPS) is 11.0. The molecule has 0 saturated heterocycles. The molecule has 0 radical (unpaired) electrons. The fourth-order valence-corrected chi connectivity index (χ4v) is 3.11. The molecule has 0 bridgehead atoms. The van der Waals surface area contributed by atoms with E-state index in [0.29, 0.717) is 16.3 Å². The predicted molar refractivity (Wildman–Crippen MR) is 103 cm³/mol. The second kappa shape index (κ2) is 7.59. The lowest BCUT2D eigenvalue weighted by Crippen LogP contribution is -1.91. The monoisotopic (exact) mass is 362 g/mol. The van der Waals surface area contributed by atoms with Gasteiger partial charge in [0, 0.05) is 35.0 Å². The van der Waals surface area contributed by atoms with Gasteiger partial charge in [-0.15, -0.1) is 11.3 Å². The van der Waals surface area contributed by atoms with Crippen molar-refractivity contribution in [1.29, 1.82) is 5.26 Å². The van der Waals surface area contributed by atoms with Crippen LogP contribution in [0.2, 0.25) is 0 Å². The number of thiazole rings is 1. The van der Waals surface area contributed by atoms with Crippen LogP contribution in [0.3, 0.4) is 0 Å². The summed E-state index contributed by atoms with van der Waals surface area (Å²) in [5, 5.41) is 25.7. The maximum Gasteiger partial charge on any atom is 0.269 e. The smallest absolute Gasteiger partial charge is 0.269 e. The Kier molecular flexibility index (Phi) is 5.06. The number of benzene rings is 2. The minimum absolute atomic E-state index is 0.0316. The Morgan fingerprint density at radius 1 is 1.31 bits per heavy atom. The Labute approximate surface area is 154 Å². The number of nitriles is 1. The SMILES string of the molecule is Cc1cccc(NC=C(C#N)c2nc(-c3ccc([N+](=O)[O-])cc3)cs2)c1. The minimum atomic E-state index is -0.441. The van der Waals surface area contributed by atoms with Gasteiger partial charge in [0.15, 0.2) is 0 Å². The van der Waals surface area contributed by atoms with Crippen LogP contribution < -0.4 is 5.32 Å². The fourth-order valence-electron chi connectivity index (χ4n) is 2.32. The number of hydrogen-bond donors (Lipinski definition) is 1. The number of aryl methyl sites for hydroxylation is 1. The molecule has 0 unspecified atom stereocenters. The molecule has 26 heavy (non-hydrogen) atoms. The molecule has 2 aromatic carbocycles. The summed E-state index contributed by atoms with van der Waals surface area (Å²) in [6, 6.07) is 16.2. The number of nitrogens with one attached hydrogen (secondary N) is 1. The van der Waals surface area contributed by atoms with Crippen molar-refractivity contribution < 1.29 is 4.92 Å². The summed E-state index contributed by atoms with van der Waals surface area (Å²) in [6.45, 7) is 2.00. The highest BCUT2D eigenvalue weighted by molar-refractivity contribution is 7.11. The van der Waals surface area contributed by atoms with E-state index < -0.39 is 4.92 Å². The quantitative estimate of drug-likeness (QED) is 0.391. The van der Waals surface area contributed by atoms with Gasteiger partial charge in [0.05, 0.1) is 10.6 Å². The maximum atomic E-state index is 10.7. The van der Waals surface area contributed by atoms with Gasteiger partial charge in [-0.1, -0.05) is 12.1 Å². The molecule has 0 fully saturated rings. The zero-order valence-electron chi connectivity index (χ0n) is 13.8. The lowest BCUT2D eigenvalue weighted by Gasteiger charge is -2.02. The van der Waals surface area contributed by atoms with Gasteiger partial charge in [-0.25, -0.2) is 4.98 Å². The first-order valence-corrected chi connectivity index (χ1v) is 8.59.